The molecule has 1 aliphatic carbocycles. The van der Waals surface area contributed by atoms with Crippen molar-refractivity contribution in [2.75, 3.05) is 32.7 Å². The van der Waals surface area contributed by atoms with Crippen LogP contribution in [0.4, 0.5) is 4.79 Å². The molecule has 2 rings (SSSR count). The zero-order chi connectivity index (χ0) is 12.3. The lowest BCUT2D eigenvalue weighted by Crippen LogP contribution is -2.55. The zero-order valence-electron chi connectivity index (χ0n) is 10.0. The molecule has 3 N–H and O–H groups in total. The molecular weight excluding hydrogens is 236 g/mol. The van der Waals surface area contributed by atoms with Crippen LogP contribution < -0.4 is 11.1 Å². The van der Waals surface area contributed by atoms with E-state index in [-0.39, 0.29) is 6.03 Å². The first-order valence-electron chi connectivity index (χ1n) is 6.21. The van der Waals surface area contributed by atoms with Gasteiger partial charge in [0.2, 0.25) is 0 Å². The van der Waals surface area contributed by atoms with Gasteiger partial charge in [-0.15, -0.1) is 0 Å². The van der Waals surface area contributed by atoms with Gasteiger partial charge in [-0.2, -0.15) is 0 Å². The summed E-state index contributed by atoms with van der Waals surface area (Å²) in [5, 5.41) is 3.06. The van der Waals surface area contributed by atoms with Crippen LogP contribution in [0, 0.1) is 0 Å². The topological polar surface area (TPSA) is 61.6 Å². The highest BCUT2D eigenvalue weighted by molar-refractivity contribution is 7.80. The smallest absolute Gasteiger partial charge is 0.317 e. The Kier molecular flexibility index (Phi) is 4.17. The van der Waals surface area contributed by atoms with Crippen molar-refractivity contribution >= 4 is 23.2 Å². The van der Waals surface area contributed by atoms with Crippen LogP contribution in [0.15, 0.2) is 0 Å². The van der Waals surface area contributed by atoms with Gasteiger partial charge in [-0.3, -0.25) is 4.90 Å². The highest BCUT2D eigenvalue weighted by Gasteiger charge is 2.25. The first-order valence-corrected chi connectivity index (χ1v) is 6.62. The number of amides is 2. The number of rotatable bonds is 3. The number of carbonyl (C=O) groups is 1. The van der Waals surface area contributed by atoms with Gasteiger partial charge < -0.3 is 16.0 Å². The molecule has 0 aromatic heterocycles. The summed E-state index contributed by atoms with van der Waals surface area (Å²) in [7, 11) is 0. The van der Waals surface area contributed by atoms with E-state index < -0.39 is 0 Å². The molecule has 2 amide bonds. The number of nitrogens with two attached hydrogens (primary N) is 1. The standard InChI is InChI=1S/C11H20N4OS/c12-10(17)8-14-4-6-15(7-5-14)11(16)13-9-2-1-3-9/h9H,1-8H2,(H2,12,17)(H,13,16). The second-order valence-electron chi connectivity index (χ2n) is 4.81. The van der Waals surface area contributed by atoms with E-state index in [1.807, 2.05) is 4.90 Å². The normalized spacial score (nSPS) is 22.0. The Morgan fingerprint density at radius 2 is 1.94 bits per heavy atom. The summed E-state index contributed by atoms with van der Waals surface area (Å²) in [4.78, 5) is 16.5. The van der Waals surface area contributed by atoms with Gasteiger partial charge in [-0.05, 0) is 19.3 Å². The number of thiocarbonyl (C=S) groups is 1. The van der Waals surface area contributed by atoms with Gasteiger partial charge in [0.25, 0.3) is 0 Å². The van der Waals surface area contributed by atoms with Gasteiger partial charge in [0.1, 0.15) is 0 Å². The van der Waals surface area contributed by atoms with Gasteiger partial charge >= 0.3 is 6.03 Å². The third kappa shape index (κ3) is 3.54. The number of hydrogen-bond donors (Lipinski definition) is 2. The maximum absolute atomic E-state index is 11.9. The molecule has 0 radical (unpaired) electrons. The fraction of sp³-hybridized carbons (Fsp3) is 0.818. The van der Waals surface area contributed by atoms with Crippen LogP contribution in [0.5, 0.6) is 0 Å². The quantitative estimate of drug-likeness (QED) is 0.706. The van der Waals surface area contributed by atoms with Crippen molar-refractivity contribution in [3.63, 3.8) is 0 Å². The van der Waals surface area contributed by atoms with Gasteiger partial charge in [0.05, 0.1) is 4.99 Å². The predicted octanol–water partition coefficient (Wildman–Crippen LogP) is 0.152. The summed E-state index contributed by atoms with van der Waals surface area (Å²) >= 11 is 4.88. The first kappa shape index (κ1) is 12.6. The number of carbonyl (C=O) groups excluding carboxylic acids is 1. The van der Waals surface area contributed by atoms with Gasteiger partial charge in [-0.25, -0.2) is 4.79 Å². The van der Waals surface area contributed by atoms with Crippen molar-refractivity contribution < 1.29 is 4.79 Å². The second kappa shape index (κ2) is 5.64. The second-order valence-corrected chi connectivity index (χ2v) is 5.33. The molecule has 0 aromatic rings. The minimum absolute atomic E-state index is 0.0877. The molecule has 5 nitrogen and oxygen atoms in total. The average Bonchev–Trinajstić information content (AvgIpc) is 2.23. The molecule has 2 fully saturated rings. The summed E-state index contributed by atoms with van der Waals surface area (Å²) in [6.07, 6.45) is 3.51. The van der Waals surface area contributed by atoms with Crippen LogP contribution in [0.25, 0.3) is 0 Å². The van der Waals surface area contributed by atoms with Gasteiger partial charge in [0.15, 0.2) is 0 Å². The van der Waals surface area contributed by atoms with Crippen molar-refractivity contribution in [3.05, 3.63) is 0 Å². The molecule has 0 spiro atoms. The highest BCUT2D eigenvalue weighted by atomic mass is 32.1. The third-order valence-electron chi connectivity index (χ3n) is 3.47. The summed E-state index contributed by atoms with van der Waals surface area (Å²) in [5.74, 6) is 0. The van der Waals surface area contributed by atoms with Crippen LogP contribution >= 0.6 is 12.2 Å². The van der Waals surface area contributed by atoms with Crippen LogP contribution in [0.3, 0.4) is 0 Å². The molecule has 0 aromatic carbocycles. The zero-order valence-corrected chi connectivity index (χ0v) is 10.8. The van der Waals surface area contributed by atoms with Gasteiger partial charge in [0, 0.05) is 38.8 Å². The van der Waals surface area contributed by atoms with E-state index in [0.29, 0.717) is 17.6 Å². The van der Waals surface area contributed by atoms with E-state index in [0.717, 1.165) is 39.0 Å². The molecule has 1 aliphatic heterocycles. The predicted molar refractivity (Wildman–Crippen MR) is 71.0 cm³/mol. The van der Waals surface area contributed by atoms with E-state index in [1.54, 1.807) is 0 Å². The minimum atomic E-state index is 0.0877. The van der Waals surface area contributed by atoms with Crippen LogP contribution in [-0.2, 0) is 0 Å². The van der Waals surface area contributed by atoms with Crippen molar-refractivity contribution in [2.45, 2.75) is 25.3 Å². The molecule has 0 unspecified atom stereocenters. The molecule has 1 saturated heterocycles. The third-order valence-corrected chi connectivity index (χ3v) is 3.60. The van der Waals surface area contributed by atoms with E-state index >= 15 is 0 Å². The maximum Gasteiger partial charge on any atom is 0.317 e. The molecular formula is C11H20N4OS. The van der Waals surface area contributed by atoms with Crippen molar-refractivity contribution in [1.82, 2.24) is 15.1 Å². The molecule has 1 heterocycles. The lowest BCUT2D eigenvalue weighted by atomic mass is 9.93. The van der Waals surface area contributed by atoms with Crippen LogP contribution in [0.1, 0.15) is 19.3 Å². The average molecular weight is 256 g/mol. The molecule has 6 heteroatoms. The summed E-state index contributed by atoms with van der Waals surface area (Å²) in [6, 6.07) is 0.502. The van der Waals surface area contributed by atoms with Crippen molar-refractivity contribution in [3.8, 4) is 0 Å². The lowest BCUT2D eigenvalue weighted by molar-refractivity contribution is 0.143. The fourth-order valence-corrected chi connectivity index (χ4v) is 2.33. The maximum atomic E-state index is 11.9. The highest BCUT2D eigenvalue weighted by Crippen LogP contribution is 2.18. The lowest BCUT2D eigenvalue weighted by Gasteiger charge is -2.36. The Balaban J connectivity index is 1.70. The van der Waals surface area contributed by atoms with E-state index in [9.17, 15) is 4.79 Å². The number of nitrogens with zero attached hydrogens (tertiary/aromatic N) is 2. The molecule has 17 heavy (non-hydrogen) atoms. The Hall–Kier alpha value is -0.880. The largest absolute Gasteiger partial charge is 0.392 e. The Morgan fingerprint density at radius 1 is 1.29 bits per heavy atom. The van der Waals surface area contributed by atoms with Crippen LogP contribution in [-0.4, -0.2) is 59.6 Å². The molecule has 96 valence electrons. The molecule has 2 aliphatic rings. The minimum Gasteiger partial charge on any atom is -0.392 e. The fourth-order valence-electron chi connectivity index (χ4n) is 2.15. The van der Waals surface area contributed by atoms with E-state index in [4.69, 9.17) is 18.0 Å². The number of nitrogens with one attached hydrogen (secondary N) is 1. The molecule has 0 bridgehead atoms. The summed E-state index contributed by atoms with van der Waals surface area (Å²) < 4.78 is 0. The first-order chi connectivity index (χ1) is 8.15. The Bertz CT molecular complexity index is 298. The summed E-state index contributed by atoms with van der Waals surface area (Å²) in [6.45, 7) is 3.90. The SMILES string of the molecule is NC(=S)CN1CCN(C(=O)NC2CCC2)CC1. The van der Waals surface area contributed by atoms with Crippen molar-refractivity contribution in [2.24, 2.45) is 5.73 Å². The van der Waals surface area contributed by atoms with Gasteiger partial charge in [-0.1, -0.05) is 12.2 Å². The van der Waals surface area contributed by atoms with E-state index in [2.05, 4.69) is 10.2 Å². The molecule has 1 saturated carbocycles. The monoisotopic (exact) mass is 256 g/mol. The van der Waals surface area contributed by atoms with E-state index in [1.165, 1.54) is 6.42 Å². The Morgan fingerprint density at radius 3 is 2.41 bits per heavy atom. The number of urea groups is 1. The van der Waals surface area contributed by atoms with Crippen LogP contribution in [0.2, 0.25) is 0 Å². The number of hydrogen-bond acceptors (Lipinski definition) is 3. The van der Waals surface area contributed by atoms with Crippen molar-refractivity contribution in [1.29, 1.82) is 0 Å². The molecule has 0 atom stereocenters. The summed E-state index contributed by atoms with van der Waals surface area (Å²) in [5.41, 5.74) is 5.51. The Labute approximate surface area is 107 Å². The number of piperazine rings is 1.